The lowest BCUT2D eigenvalue weighted by Crippen LogP contribution is -2.30. The van der Waals surface area contributed by atoms with E-state index in [1.54, 1.807) is 13.3 Å². The molecular weight excluding hydrogens is 224 g/mol. The molecule has 88 valence electrons. The van der Waals surface area contributed by atoms with Crippen LogP contribution in [0.5, 0.6) is 0 Å². The molecule has 1 aromatic heterocycles. The molecule has 1 aromatic rings. The van der Waals surface area contributed by atoms with Crippen molar-refractivity contribution in [1.29, 1.82) is 0 Å². The predicted octanol–water partition coefficient (Wildman–Crippen LogP) is 2.44. The molecule has 1 aliphatic rings. The zero-order valence-electron chi connectivity index (χ0n) is 9.53. The Kier molecular flexibility index (Phi) is 4.02. The average Bonchev–Trinajstić information content (AvgIpc) is 3.14. The van der Waals surface area contributed by atoms with Crippen LogP contribution in [0, 0.1) is 0 Å². The van der Waals surface area contributed by atoms with E-state index in [2.05, 4.69) is 9.88 Å². The summed E-state index contributed by atoms with van der Waals surface area (Å²) in [6.45, 7) is 1.66. The van der Waals surface area contributed by atoms with E-state index in [0.29, 0.717) is 11.9 Å². The second-order valence-corrected chi connectivity index (χ2v) is 4.32. The van der Waals surface area contributed by atoms with Crippen molar-refractivity contribution in [1.82, 2.24) is 4.98 Å². The van der Waals surface area contributed by atoms with E-state index in [1.807, 2.05) is 12.3 Å². The summed E-state index contributed by atoms with van der Waals surface area (Å²) in [6, 6.07) is 2.64. The number of halogens is 1. The Bertz CT molecular complexity index is 342. The molecule has 0 atom stereocenters. The third-order valence-corrected chi connectivity index (χ3v) is 3.15. The van der Waals surface area contributed by atoms with Crippen LogP contribution in [0.4, 0.5) is 5.69 Å². The molecule has 0 amide bonds. The van der Waals surface area contributed by atoms with Gasteiger partial charge in [0.25, 0.3) is 0 Å². The normalized spacial score (nSPS) is 15.1. The quantitative estimate of drug-likeness (QED) is 0.715. The lowest BCUT2D eigenvalue weighted by Gasteiger charge is -2.25. The van der Waals surface area contributed by atoms with Crippen LogP contribution in [0.15, 0.2) is 18.5 Å². The van der Waals surface area contributed by atoms with Gasteiger partial charge in [0.15, 0.2) is 0 Å². The number of anilines is 1. The predicted molar refractivity (Wildman–Crippen MR) is 66.0 cm³/mol. The molecule has 0 radical (unpaired) electrons. The minimum Gasteiger partial charge on any atom is -0.383 e. The Hall–Kier alpha value is -0.800. The van der Waals surface area contributed by atoms with Crippen LogP contribution in [-0.2, 0) is 10.6 Å². The maximum absolute atomic E-state index is 5.95. The summed E-state index contributed by atoms with van der Waals surface area (Å²) in [5.74, 6) is 0.536. The minimum absolute atomic E-state index is 0.536. The fourth-order valence-corrected chi connectivity index (χ4v) is 2.09. The Morgan fingerprint density at radius 2 is 2.38 bits per heavy atom. The summed E-state index contributed by atoms with van der Waals surface area (Å²) in [4.78, 5) is 6.56. The molecule has 16 heavy (non-hydrogen) atoms. The maximum atomic E-state index is 5.95. The van der Waals surface area contributed by atoms with Crippen molar-refractivity contribution in [2.24, 2.45) is 0 Å². The first-order valence-corrected chi connectivity index (χ1v) is 6.14. The van der Waals surface area contributed by atoms with E-state index >= 15 is 0 Å². The van der Waals surface area contributed by atoms with E-state index in [4.69, 9.17) is 16.3 Å². The fraction of sp³-hybridized carbons (Fsp3) is 0.583. The molecular formula is C12H17ClN2O. The van der Waals surface area contributed by atoms with E-state index in [1.165, 1.54) is 12.8 Å². The molecule has 1 fully saturated rings. The summed E-state index contributed by atoms with van der Waals surface area (Å²) < 4.78 is 5.15. The van der Waals surface area contributed by atoms with Gasteiger partial charge in [-0.3, -0.25) is 4.98 Å². The van der Waals surface area contributed by atoms with Crippen molar-refractivity contribution in [2.75, 3.05) is 25.2 Å². The number of hydrogen-bond acceptors (Lipinski definition) is 3. The molecule has 0 aromatic carbocycles. The van der Waals surface area contributed by atoms with Crippen LogP contribution in [0.1, 0.15) is 18.4 Å². The second-order valence-electron chi connectivity index (χ2n) is 4.06. The largest absolute Gasteiger partial charge is 0.383 e. The fourth-order valence-electron chi connectivity index (χ4n) is 1.86. The highest BCUT2D eigenvalue weighted by Gasteiger charge is 2.30. The second kappa shape index (κ2) is 5.51. The van der Waals surface area contributed by atoms with Gasteiger partial charge in [0, 0.05) is 31.8 Å². The van der Waals surface area contributed by atoms with Gasteiger partial charge < -0.3 is 9.64 Å². The monoisotopic (exact) mass is 240 g/mol. The van der Waals surface area contributed by atoms with Gasteiger partial charge in [-0.2, -0.15) is 0 Å². The average molecular weight is 241 g/mol. The van der Waals surface area contributed by atoms with E-state index < -0.39 is 0 Å². The highest BCUT2D eigenvalue weighted by molar-refractivity contribution is 6.17. The number of rotatable bonds is 6. The van der Waals surface area contributed by atoms with Gasteiger partial charge in [-0.05, 0) is 24.5 Å². The summed E-state index contributed by atoms with van der Waals surface area (Å²) in [5.41, 5.74) is 2.32. The smallest absolute Gasteiger partial charge is 0.0637 e. The van der Waals surface area contributed by atoms with Crippen molar-refractivity contribution in [3.63, 3.8) is 0 Å². The highest BCUT2D eigenvalue weighted by Crippen LogP contribution is 2.33. The topological polar surface area (TPSA) is 25.4 Å². The molecule has 0 bridgehead atoms. The van der Waals surface area contributed by atoms with Gasteiger partial charge in [-0.1, -0.05) is 0 Å². The van der Waals surface area contributed by atoms with Gasteiger partial charge in [-0.25, -0.2) is 0 Å². The van der Waals surface area contributed by atoms with Gasteiger partial charge >= 0.3 is 0 Å². The molecule has 0 aliphatic heterocycles. The third-order valence-electron chi connectivity index (χ3n) is 2.86. The zero-order valence-corrected chi connectivity index (χ0v) is 10.3. The first kappa shape index (κ1) is 11.7. The standard InChI is InChI=1S/C12H17ClN2O/c1-16-7-6-15(11-2-3-11)12-9-14-5-4-10(12)8-13/h4-5,9,11H,2-3,6-8H2,1H3. The SMILES string of the molecule is COCCN(c1cnccc1CCl)C1CC1. The van der Waals surface area contributed by atoms with Gasteiger partial charge in [0.05, 0.1) is 18.5 Å². The molecule has 1 heterocycles. The number of ether oxygens (including phenoxy) is 1. The van der Waals surface area contributed by atoms with Crippen LogP contribution < -0.4 is 4.90 Å². The van der Waals surface area contributed by atoms with E-state index in [0.717, 1.165) is 24.4 Å². The number of pyridine rings is 1. The van der Waals surface area contributed by atoms with Crippen LogP contribution in [0.3, 0.4) is 0 Å². The Morgan fingerprint density at radius 1 is 1.56 bits per heavy atom. The number of alkyl halides is 1. The summed E-state index contributed by atoms with van der Waals surface area (Å²) in [7, 11) is 1.73. The van der Waals surface area contributed by atoms with Crippen LogP contribution in [0.25, 0.3) is 0 Å². The number of methoxy groups -OCH3 is 1. The van der Waals surface area contributed by atoms with Crippen LogP contribution in [0.2, 0.25) is 0 Å². The van der Waals surface area contributed by atoms with Gasteiger partial charge in [0.2, 0.25) is 0 Å². The molecule has 3 nitrogen and oxygen atoms in total. The molecule has 4 heteroatoms. The summed E-state index contributed by atoms with van der Waals surface area (Å²) in [6.07, 6.45) is 6.23. The number of nitrogens with zero attached hydrogens (tertiary/aromatic N) is 2. The number of hydrogen-bond donors (Lipinski definition) is 0. The summed E-state index contributed by atoms with van der Waals surface area (Å²) in [5, 5.41) is 0. The first-order valence-electron chi connectivity index (χ1n) is 5.61. The van der Waals surface area contributed by atoms with Crippen LogP contribution in [-0.4, -0.2) is 31.3 Å². The molecule has 0 spiro atoms. The molecule has 1 saturated carbocycles. The molecule has 0 N–H and O–H groups in total. The molecule has 0 saturated heterocycles. The molecule has 2 rings (SSSR count). The van der Waals surface area contributed by atoms with Crippen molar-refractivity contribution in [2.45, 2.75) is 24.8 Å². The molecule has 0 unspecified atom stereocenters. The highest BCUT2D eigenvalue weighted by atomic mass is 35.5. The maximum Gasteiger partial charge on any atom is 0.0637 e. The lowest BCUT2D eigenvalue weighted by molar-refractivity contribution is 0.205. The zero-order chi connectivity index (χ0) is 11.4. The van der Waals surface area contributed by atoms with Crippen molar-refractivity contribution >= 4 is 17.3 Å². The van der Waals surface area contributed by atoms with Gasteiger partial charge in [-0.15, -0.1) is 11.6 Å². The summed E-state index contributed by atoms with van der Waals surface area (Å²) >= 11 is 5.95. The Morgan fingerprint density at radius 3 is 3.00 bits per heavy atom. The van der Waals surface area contributed by atoms with Crippen LogP contribution >= 0.6 is 11.6 Å². The van der Waals surface area contributed by atoms with E-state index in [9.17, 15) is 0 Å². The lowest BCUT2D eigenvalue weighted by atomic mass is 10.2. The Balaban J connectivity index is 2.16. The Labute approximate surface area is 101 Å². The van der Waals surface area contributed by atoms with Crippen molar-refractivity contribution in [3.8, 4) is 0 Å². The minimum atomic E-state index is 0.536. The van der Waals surface area contributed by atoms with Crippen molar-refractivity contribution < 1.29 is 4.74 Å². The van der Waals surface area contributed by atoms with Crippen molar-refractivity contribution in [3.05, 3.63) is 24.0 Å². The third kappa shape index (κ3) is 2.66. The number of aromatic nitrogens is 1. The molecule has 1 aliphatic carbocycles. The first-order chi connectivity index (χ1) is 7.86. The van der Waals surface area contributed by atoms with E-state index in [-0.39, 0.29) is 0 Å². The van der Waals surface area contributed by atoms with Gasteiger partial charge in [0.1, 0.15) is 0 Å².